The second-order valence-corrected chi connectivity index (χ2v) is 9.18. The van der Waals surface area contributed by atoms with Crippen molar-refractivity contribution in [2.45, 2.75) is 44.4 Å². The minimum Gasteiger partial charge on any atom is -0.493 e. The lowest BCUT2D eigenvalue weighted by atomic mass is 9.71. The second kappa shape index (κ2) is 9.55. The highest BCUT2D eigenvalue weighted by atomic mass is 79.9. The summed E-state index contributed by atoms with van der Waals surface area (Å²) in [6, 6.07) is 3.66. The molecule has 1 aromatic rings. The van der Waals surface area contributed by atoms with E-state index in [2.05, 4.69) is 22.5 Å². The number of carbonyl (C=O) groups is 3. The molecule has 0 saturated carbocycles. The Morgan fingerprint density at radius 1 is 1.15 bits per heavy atom. The number of carboxylic acid groups (broad SMARTS) is 1. The molecule has 0 atom stereocenters. The second-order valence-electron chi connectivity index (χ2n) is 8.32. The molecule has 1 aromatic carbocycles. The van der Waals surface area contributed by atoms with Crippen LogP contribution in [0, 0.1) is 0 Å². The van der Waals surface area contributed by atoms with Gasteiger partial charge in [-0.15, -0.1) is 0 Å². The van der Waals surface area contributed by atoms with Gasteiger partial charge in [-0.25, -0.2) is 0 Å². The van der Waals surface area contributed by atoms with Crippen LogP contribution in [0.5, 0.6) is 11.5 Å². The zero-order valence-corrected chi connectivity index (χ0v) is 20.1. The van der Waals surface area contributed by atoms with Gasteiger partial charge < -0.3 is 19.5 Å². The van der Waals surface area contributed by atoms with Crippen LogP contribution in [-0.2, 0) is 14.4 Å². The van der Waals surface area contributed by atoms with Crippen LogP contribution in [0.15, 0.2) is 51.8 Å². The number of hydrogen-bond donors (Lipinski definition) is 1. The number of rotatable bonds is 7. The van der Waals surface area contributed by atoms with E-state index in [0.717, 1.165) is 17.0 Å². The number of methoxy groups -OCH3 is 1. The van der Waals surface area contributed by atoms with E-state index in [4.69, 9.17) is 9.47 Å². The summed E-state index contributed by atoms with van der Waals surface area (Å²) in [4.78, 5) is 39.9. The lowest BCUT2D eigenvalue weighted by Gasteiger charge is -2.43. The van der Waals surface area contributed by atoms with E-state index in [0.29, 0.717) is 72.2 Å². The summed E-state index contributed by atoms with van der Waals surface area (Å²) in [5, 5.41) is 9.57. The molecular weight excluding hydrogens is 490 g/mol. The third-order valence-corrected chi connectivity index (χ3v) is 6.90. The minimum absolute atomic E-state index is 0.0383. The van der Waals surface area contributed by atoms with Gasteiger partial charge in [-0.2, -0.15) is 0 Å². The molecule has 0 amide bonds. The van der Waals surface area contributed by atoms with Gasteiger partial charge in [-0.05, 0) is 59.3 Å². The van der Waals surface area contributed by atoms with Crippen LogP contribution in [0.3, 0.4) is 0 Å². The van der Waals surface area contributed by atoms with Gasteiger partial charge >= 0.3 is 5.97 Å². The van der Waals surface area contributed by atoms with Crippen LogP contribution >= 0.6 is 15.9 Å². The monoisotopic (exact) mass is 515 g/mol. The molecule has 0 radical (unpaired) electrons. The molecule has 0 unspecified atom stereocenters. The maximum absolute atomic E-state index is 13.2. The van der Waals surface area contributed by atoms with Crippen molar-refractivity contribution in [2.24, 2.45) is 0 Å². The molecule has 3 aliphatic rings. The average Bonchev–Trinajstić information content (AvgIpc) is 2.78. The fraction of sp³-hybridized carbons (Fsp3) is 0.400. The van der Waals surface area contributed by atoms with E-state index in [1.165, 1.54) is 7.11 Å². The van der Waals surface area contributed by atoms with Crippen LogP contribution in [0.2, 0.25) is 0 Å². The van der Waals surface area contributed by atoms with Crippen molar-refractivity contribution in [3.63, 3.8) is 0 Å². The van der Waals surface area contributed by atoms with Crippen molar-refractivity contribution in [3.05, 3.63) is 57.4 Å². The Morgan fingerprint density at radius 2 is 1.76 bits per heavy atom. The highest BCUT2D eigenvalue weighted by molar-refractivity contribution is 9.10. The lowest BCUT2D eigenvalue weighted by Crippen LogP contribution is -2.41. The third kappa shape index (κ3) is 4.24. The van der Waals surface area contributed by atoms with Crippen LogP contribution in [0.4, 0.5) is 0 Å². The first kappa shape index (κ1) is 23.3. The molecule has 0 bridgehead atoms. The number of allylic oxidation sites excluding steroid dienone is 4. The first-order valence-corrected chi connectivity index (χ1v) is 11.8. The molecule has 1 aliphatic heterocycles. The summed E-state index contributed by atoms with van der Waals surface area (Å²) < 4.78 is 12.0. The number of Topliss-reactive ketones (excluding diaryl/α,β-unsaturated/α-hetero) is 2. The predicted octanol–water partition coefficient (Wildman–Crippen LogP) is 4.52. The number of aliphatic carboxylic acids is 1. The van der Waals surface area contributed by atoms with Crippen LogP contribution in [0.1, 0.15) is 50.0 Å². The largest absolute Gasteiger partial charge is 0.493 e. The number of hydrogen-bond acceptors (Lipinski definition) is 6. The summed E-state index contributed by atoms with van der Waals surface area (Å²) in [6.45, 7) is 3.71. The van der Waals surface area contributed by atoms with Gasteiger partial charge in [0.25, 0.3) is 0 Å². The van der Waals surface area contributed by atoms with Crippen molar-refractivity contribution in [3.8, 4) is 11.5 Å². The molecule has 0 saturated heterocycles. The first-order valence-electron chi connectivity index (χ1n) is 11.0. The highest BCUT2D eigenvalue weighted by Crippen LogP contribution is 2.51. The van der Waals surface area contributed by atoms with Gasteiger partial charge in [-0.1, -0.05) is 12.7 Å². The van der Waals surface area contributed by atoms with Crippen molar-refractivity contribution in [1.29, 1.82) is 0 Å². The van der Waals surface area contributed by atoms with Gasteiger partial charge in [0.1, 0.15) is 13.2 Å². The molecule has 8 heteroatoms. The number of nitrogens with zero attached hydrogens (tertiary/aromatic N) is 1. The molecule has 7 nitrogen and oxygen atoms in total. The topological polar surface area (TPSA) is 93.1 Å². The summed E-state index contributed by atoms with van der Waals surface area (Å²) in [7, 11) is 1.54. The zero-order valence-electron chi connectivity index (χ0n) is 18.5. The quantitative estimate of drug-likeness (QED) is 0.533. The first-order chi connectivity index (χ1) is 15.9. The van der Waals surface area contributed by atoms with Crippen molar-refractivity contribution < 1.29 is 29.0 Å². The summed E-state index contributed by atoms with van der Waals surface area (Å²) in [5.41, 5.74) is 3.27. The molecule has 4 rings (SSSR count). The standard InChI is InChI=1S/C25H26BrNO6/c1-3-10-33-25-15(26)11-14(12-20(25)32-2)22-23-16(6-4-8-18(23)28)27(13-21(30)31)17-7-5-9-19(29)24(17)22/h3,11-12,22H,1,4-10,13H2,2H3,(H,30,31). The Morgan fingerprint density at radius 3 is 2.27 bits per heavy atom. The minimum atomic E-state index is -0.990. The molecule has 1 N–H and O–H groups in total. The number of halogens is 1. The van der Waals surface area contributed by atoms with E-state index in [-0.39, 0.29) is 18.1 Å². The molecular formula is C25H26BrNO6. The normalized spacial score (nSPS) is 18.8. The zero-order chi connectivity index (χ0) is 23.7. The van der Waals surface area contributed by atoms with E-state index in [1.807, 2.05) is 6.07 Å². The average molecular weight is 516 g/mol. The lowest BCUT2D eigenvalue weighted by molar-refractivity contribution is -0.138. The smallest absolute Gasteiger partial charge is 0.323 e. The fourth-order valence-electron chi connectivity index (χ4n) is 5.06. The predicted molar refractivity (Wildman–Crippen MR) is 125 cm³/mol. The van der Waals surface area contributed by atoms with Crippen molar-refractivity contribution in [1.82, 2.24) is 4.90 Å². The molecule has 1 heterocycles. The Kier molecular flexibility index (Phi) is 6.74. The van der Waals surface area contributed by atoms with Crippen LogP contribution in [-0.4, -0.2) is 47.8 Å². The molecule has 33 heavy (non-hydrogen) atoms. The summed E-state index contributed by atoms with van der Waals surface area (Å²) >= 11 is 3.56. The maximum atomic E-state index is 13.2. The van der Waals surface area contributed by atoms with E-state index in [1.54, 1.807) is 17.0 Å². The number of carboxylic acids is 1. The van der Waals surface area contributed by atoms with Crippen molar-refractivity contribution >= 4 is 33.5 Å². The van der Waals surface area contributed by atoms with Crippen LogP contribution in [0.25, 0.3) is 0 Å². The molecule has 0 spiro atoms. The Bertz CT molecular complexity index is 1060. The van der Waals surface area contributed by atoms with Gasteiger partial charge in [0.05, 0.1) is 11.6 Å². The van der Waals surface area contributed by atoms with Gasteiger partial charge in [0.2, 0.25) is 0 Å². The van der Waals surface area contributed by atoms with E-state index in [9.17, 15) is 19.5 Å². The Balaban J connectivity index is 1.94. The van der Waals surface area contributed by atoms with E-state index < -0.39 is 11.9 Å². The molecule has 2 aliphatic carbocycles. The van der Waals surface area contributed by atoms with E-state index >= 15 is 0 Å². The van der Waals surface area contributed by atoms with Gasteiger partial charge in [0, 0.05) is 41.3 Å². The fourth-order valence-corrected chi connectivity index (χ4v) is 5.64. The number of benzene rings is 1. The third-order valence-electron chi connectivity index (χ3n) is 6.31. The maximum Gasteiger partial charge on any atom is 0.323 e. The number of ketones is 2. The van der Waals surface area contributed by atoms with Gasteiger partial charge in [-0.3, -0.25) is 14.4 Å². The van der Waals surface area contributed by atoms with Crippen molar-refractivity contribution in [2.75, 3.05) is 20.3 Å². The summed E-state index contributed by atoms with van der Waals surface area (Å²) in [5.74, 6) is -0.634. The number of carbonyl (C=O) groups excluding carboxylic acids is 2. The summed E-state index contributed by atoms with van der Waals surface area (Å²) in [6.07, 6.45) is 4.94. The molecule has 0 aromatic heterocycles. The highest BCUT2D eigenvalue weighted by Gasteiger charge is 2.44. The Labute approximate surface area is 200 Å². The Hall–Kier alpha value is -2.87. The SMILES string of the molecule is C=CCOc1c(Br)cc(C2C3=C(CCCC3=O)N(CC(=O)O)C3=C2C(=O)CCC3)cc1OC. The number of ether oxygens (including phenoxy) is 2. The van der Waals surface area contributed by atoms with Crippen LogP contribution < -0.4 is 9.47 Å². The molecule has 0 fully saturated rings. The van der Waals surface area contributed by atoms with Gasteiger partial charge in [0.15, 0.2) is 23.1 Å². The molecule has 174 valence electrons.